The van der Waals surface area contributed by atoms with Crippen LogP contribution in [0, 0.1) is 0 Å². The molecule has 0 aliphatic carbocycles. The third-order valence-corrected chi connectivity index (χ3v) is 9.67. The number of rotatable bonds is 12. The van der Waals surface area contributed by atoms with E-state index in [1.165, 1.54) is 83.5 Å². The molecule has 3 aromatic carbocycles. The molecule has 2 aliphatic heterocycles. The average molecular weight is 555 g/mol. The summed E-state index contributed by atoms with van der Waals surface area (Å²) in [4.78, 5) is 6.38. The molecule has 4 aromatic rings. The zero-order valence-corrected chi connectivity index (χ0v) is 24.6. The van der Waals surface area contributed by atoms with Gasteiger partial charge in [0.15, 0.2) is 0 Å². The van der Waals surface area contributed by atoms with Crippen LogP contribution in [0.4, 0.5) is 0 Å². The van der Waals surface area contributed by atoms with Gasteiger partial charge in [-0.15, -0.1) is 11.3 Å². The molecule has 1 aromatic heterocycles. The predicted octanol–water partition coefficient (Wildman–Crippen LogP) is 7.89. The Hall–Kier alpha value is -2.86. The van der Waals surface area contributed by atoms with Gasteiger partial charge in [-0.05, 0) is 129 Å². The monoisotopic (exact) mass is 554 g/mol. The molecule has 210 valence electrons. The van der Waals surface area contributed by atoms with Gasteiger partial charge in [0.1, 0.15) is 24.2 Å². The lowest BCUT2D eigenvalue weighted by atomic mass is 9.99. The Bertz CT molecular complexity index is 1350. The van der Waals surface area contributed by atoms with Crippen LogP contribution in [0.1, 0.15) is 50.2 Å². The number of nitrogens with zero attached hydrogens (tertiary/aromatic N) is 2. The fourth-order valence-electron chi connectivity index (χ4n) is 6.09. The molecule has 1 atom stereocenters. The number of likely N-dealkylation sites (tertiary alicyclic amines) is 2. The number of ether oxygens (including phenoxy) is 2. The van der Waals surface area contributed by atoms with Crippen LogP contribution < -0.4 is 9.47 Å². The Kier molecular flexibility index (Phi) is 9.02. The van der Waals surface area contributed by atoms with E-state index >= 15 is 0 Å². The molecule has 5 heteroatoms. The van der Waals surface area contributed by atoms with E-state index in [1.807, 2.05) is 11.3 Å². The van der Waals surface area contributed by atoms with Gasteiger partial charge in [-0.25, -0.2) is 0 Å². The van der Waals surface area contributed by atoms with E-state index < -0.39 is 0 Å². The minimum atomic E-state index is 0.253. The summed E-state index contributed by atoms with van der Waals surface area (Å²) >= 11 is 1.89. The van der Waals surface area contributed by atoms with Crippen molar-refractivity contribution in [2.24, 2.45) is 0 Å². The molecule has 6 rings (SSSR count). The maximum absolute atomic E-state index is 6.39. The number of hydrogen-bond donors (Lipinski definition) is 0. The Balaban J connectivity index is 1.15. The van der Waals surface area contributed by atoms with Crippen molar-refractivity contribution in [3.8, 4) is 21.9 Å². The highest BCUT2D eigenvalue weighted by atomic mass is 32.1. The first kappa shape index (κ1) is 27.3. The van der Waals surface area contributed by atoms with Crippen LogP contribution in [0.15, 0.2) is 72.8 Å². The van der Waals surface area contributed by atoms with Crippen LogP contribution in [-0.4, -0.2) is 61.8 Å². The molecule has 0 N–H and O–H groups in total. The summed E-state index contributed by atoms with van der Waals surface area (Å²) in [6.07, 6.45) is 7.47. The molecule has 1 unspecified atom stereocenters. The summed E-state index contributed by atoms with van der Waals surface area (Å²) in [5.41, 5.74) is 3.97. The fourth-order valence-corrected chi connectivity index (χ4v) is 7.32. The standard InChI is InChI=1S/C35H42N2O2S/c1-2-29(26-37-21-7-8-22-37)39-31-15-11-27(12-16-31)25-33-32-9-3-4-10-34(32)40-35(33)28-13-17-30(18-14-28)38-24-23-36-19-5-6-20-36/h3-4,9-18,29H,2,5-8,19-26H2,1H3. The van der Waals surface area contributed by atoms with Crippen molar-refractivity contribution < 1.29 is 9.47 Å². The van der Waals surface area contributed by atoms with Crippen molar-refractivity contribution in [3.63, 3.8) is 0 Å². The molecule has 4 nitrogen and oxygen atoms in total. The van der Waals surface area contributed by atoms with Gasteiger partial charge in [0, 0.05) is 22.7 Å². The largest absolute Gasteiger partial charge is 0.492 e. The highest BCUT2D eigenvalue weighted by Gasteiger charge is 2.18. The first-order chi connectivity index (χ1) is 19.7. The Labute approximate surface area is 243 Å². The molecule has 2 aliphatic rings. The van der Waals surface area contributed by atoms with E-state index in [2.05, 4.69) is 89.5 Å². The lowest BCUT2D eigenvalue weighted by Crippen LogP contribution is -2.33. The van der Waals surface area contributed by atoms with E-state index in [0.717, 1.165) is 44.0 Å². The van der Waals surface area contributed by atoms with Crippen molar-refractivity contribution in [2.75, 3.05) is 45.9 Å². The van der Waals surface area contributed by atoms with Gasteiger partial charge in [-0.3, -0.25) is 9.80 Å². The summed E-state index contributed by atoms with van der Waals surface area (Å²) in [5.74, 6) is 1.93. The number of fused-ring (bicyclic) bond motifs is 1. The molecule has 0 saturated carbocycles. The van der Waals surface area contributed by atoms with Crippen molar-refractivity contribution in [1.29, 1.82) is 0 Å². The van der Waals surface area contributed by atoms with Crippen LogP contribution in [0.2, 0.25) is 0 Å². The summed E-state index contributed by atoms with van der Waals surface area (Å²) in [6, 6.07) is 26.3. The third kappa shape index (κ3) is 6.71. The summed E-state index contributed by atoms with van der Waals surface area (Å²) in [6.45, 7) is 9.88. The molecule has 40 heavy (non-hydrogen) atoms. The summed E-state index contributed by atoms with van der Waals surface area (Å²) < 4.78 is 13.8. The second kappa shape index (κ2) is 13.2. The molecule has 0 bridgehead atoms. The van der Waals surface area contributed by atoms with Crippen LogP contribution in [-0.2, 0) is 6.42 Å². The smallest absolute Gasteiger partial charge is 0.119 e. The van der Waals surface area contributed by atoms with Crippen LogP contribution in [0.3, 0.4) is 0 Å². The summed E-state index contributed by atoms with van der Waals surface area (Å²) in [7, 11) is 0. The first-order valence-electron chi connectivity index (χ1n) is 15.2. The van der Waals surface area contributed by atoms with Gasteiger partial charge in [-0.1, -0.05) is 37.3 Å². The highest BCUT2D eigenvalue weighted by molar-refractivity contribution is 7.22. The number of thiophene rings is 1. The van der Waals surface area contributed by atoms with E-state index in [0.29, 0.717) is 0 Å². The van der Waals surface area contributed by atoms with Crippen molar-refractivity contribution in [2.45, 2.75) is 51.6 Å². The fraction of sp³-hybridized carbons (Fsp3) is 0.429. The maximum atomic E-state index is 6.39. The molecule has 3 heterocycles. The normalized spacial score (nSPS) is 17.0. The van der Waals surface area contributed by atoms with E-state index in [-0.39, 0.29) is 6.10 Å². The zero-order valence-electron chi connectivity index (χ0n) is 23.8. The second-order valence-electron chi connectivity index (χ2n) is 11.3. The SMILES string of the molecule is CCC(CN1CCCC1)Oc1ccc(Cc2c(-c3ccc(OCCN4CCCC4)cc3)sc3ccccc23)cc1. The summed E-state index contributed by atoms with van der Waals surface area (Å²) in [5, 5.41) is 1.35. The lowest BCUT2D eigenvalue weighted by Gasteiger charge is -2.23. The molecule has 0 amide bonds. The number of benzene rings is 3. The van der Waals surface area contributed by atoms with Gasteiger partial charge < -0.3 is 9.47 Å². The Morgan fingerprint density at radius 1 is 0.775 bits per heavy atom. The molecular weight excluding hydrogens is 512 g/mol. The molecular formula is C35H42N2O2S. The van der Waals surface area contributed by atoms with E-state index in [1.54, 1.807) is 0 Å². The quantitative estimate of drug-likeness (QED) is 0.178. The van der Waals surface area contributed by atoms with Gasteiger partial charge in [0.25, 0.3) is 0 Å². The van der Waals surface area contributed by atoms with Crippen molar-refractivity contribution in [1.82, 2.24) is 9.80 Å². The molecule has 0 spiro atoms. The number of hydrogen-bond acceptors (Lipinski definition) is 5. The molecule has 2 fully saturated rings. The molecule has 2 saturated heterocycles. The van der Waals surface area contributed by atoms with Gasteiger partial charge in [-0.2, -0.15) is 0 Å². The van der Waals surface area contributed by atoms with Crippen molar-refractivity contribution in [3.05, 3.63) is 83.9 Å². The predicted molar refractivity (Wildman–Crippen MR) is 168 cm³/mol. The van der Waals surface area contributed by atoms with Gasteiger partial charge >= 0.3 is 0 Å². The Morgan fingerprint density at radius 2 is 1.45 bits per heavy atom. The van der Waals surface area contributed by atoms with Crippen LogP contribution in [0.5, 0.6) is 11.5 Å². The maximum Gasteiger partial charge on any atom is 0.119 e. The van der Waals surface area contributed by atoms with E-state index in [9.17, 15) is 0 Å². The second-order valence-corrected chi connectivity index (χ2v) is 12.4. The van der Waals surface area contributed by atoms with Gasteiger partial charge in [0.2, 0.25) is 0 Å². The third-order valence-electron chi connectivity index (χ3n) is 8.41. The lowest BCUT2D eigenvalue weighted by molar-refractivity contribution is 0.143. The molecule has 0 radical (unpaired) electrons. The minimum Gasteiger partial charge on any atom is -0.492 e. The highest BCUT2D eigenvalue weighted by Crippen LogP contribution is 2.40. The van der Waals surface area contributed by atoms with E-state index in [4.69, 9.17) is 9.47 Å². The average Bonchev–Trinajstić information content (AvgIpc) is 3.77. The van der Waals surface area contributed by atoms with Crippen LogP contribution >= 0.6 is 11.3 Å². The zero-order chi connectivity index (χ0) is 27.1. The van der Waals surface area contributed by atoms with Crippen molar-refractivity contribution >= 4 is 21.4 Å². The van der Waals surface area contributed by atoms with Crippen LogP contribution in [0.25, 0.3) is 20.5 Å². The Morgan fingerprint density at radius 3 is 2.17 bits per heavy atom. The topological polar surface area (TPSA) is 24.9 Å². The first-order valence-corrected chi connectivity index (χ1v) is 16.0. The minimum absolute atomic E-state index is 0.253. The van der Waals surface area contributed by atoms with Gasteiger partial charge in [0.05, 0.1) is 0 Å².